The lowest BCUT2D eigenvalue weighted by molar-refractivity contribution is -0.121. The summed E-state index contributed by atoms with van der Waals surface area (Å²) in [5, 5.41) is 0. The molecule has 2 aromatic rings. The minimum Gasteiger partial charge on any atom is -0.369 e. The summed E-state index contributed by atoms with van der Waals surface area (Å²) in [4.78, 5) is 29.1. The third-order valence-corrected chi connectivity index (χ3v) is 5.21. The van der Waals surface area contributed by atoms with Gasteiger partial charge in [-0.2, -0.15) is 0 Å². The zero-order valence-corrected chi connectivity index (χ0v) is 15.5. The molecule has 1 aliphatic carbocycles. The molecule has 3 rings (SSSR count). The molecule has 0 aliphatic heterocycles. The van der Waals surface area contributed by atoms with Gasteiger partial charge in [-0.1, -0.05) is 27.7 Å². The van der Waals surface area contributed by atoms with Crippen molar-refractivity contribution in [2.45, 2.75) is 65.3 Å². The van der Waals surface area contributed by atoms with Crippen LogP contribution in [0.5, 0.6) is 0 Å². The summed E-state index contributed by atoms with van der Waals surface area (Å²) in [6, 6.07) is 5.97. The number of hydrogen-bond acceptors (Lipinski definition) is 3. The third kappa shape index (κ3) is 3.08. The fourth-order valence-corrected chi connectivity index (χ4v) is 3.66. The Hall–Kier alpha value is -2.17. The summed E-state index contributed by atoms with van der Waals surface area (Å²) in [6.07, 6.45) is 3.79. The van der Waals surface area contributed by atoms with Crippen LogP contribution in [0.1, 0.15) is 81.5 Å². The Labute approximate surface area is 148 Å². The van der Waals surface area contributed by atoms with Gasteiger partial charge in [0, 0.05) is 18.0 Å². The molecule has 1 saturated carbocycles. The topological polar surface area (TPSA) is 78.0 Å². The van der Waals surface area contributed by atoms with Crippen molar-refractivity contribution < 1.29 is 9.59 Å². The van der Waals surface area contributed by atoms with Crippen molar-refractivity contribution in [1.29, 1.82) is 0 Å². The fourth-order valence-electron chi connectivity index (χ4n) is 3.66. The molecule has 0 bridgehead atoms. The first-order chi connectivity index (χ1) is 11.7. The largest absolute Gasteiger partial charge is 0.369 e. The van der Waals surface area contributed by atoms with E-state index in [0.29, 0.717) is 18.0 Å². The predicted molar refractivity (Wildman–Crippen MR) is 98.6 cm³/mol. The normalized spacial score (nSPS) is 16.6. The van der Waals surface area contributed by atoms with E-state index in [2.05, 4.69) is 4.57 Å². The molecule has 1 amide bonds. The lowest BCUT2D eigenvalue weighted by Gasteiger charge is -2.34. The molecule has 1 aromatic heterocycles. The van der Waals surface area contributed by atoms with E-state index in [-0.39, 0.29) is 17.1 Å². The van der Waals surface area contributed by atoms with Gasteiger partial charge in [-0.05, 0) is 42.9 Å². The summed E-state index contributed by atoms with van der Waals surface area (Å²) in [7, 11) is 0. The second-order valence-electron chi connectivity index (χ2n) is 8.11. The van der Waals surface area contributed by atoms with Crippen LogP contribution in [0.3, 0.4) is 0 Å². The molecule has 5 heteroatoms. The molecule has 134 valence electrons. The molecule has 1 aliphatic rings. The molecule has 1 aromatic carbocycles. The Balaban J connectivity index is 2.24. The van der Waals surface area contributed by atoms with E-state index in [4.69, 9.17) is 10.7 Å². The number of benzene rings is 1. The minimum absolute atomic E-state index is 0.118. The summed E-state index contributed by atoms with van der Waals surface area (Å²) >= 11 is 0. The fraction of sp³-hybridized carbons (Fsp3) is 0.550. The van der Waals surface area contributed by atoms with E-state index in [1.165, 1.54) is 6.42 Å². The van der Waals surface area contributed by atoms with Crippen LogP contribution in [-0.2, 0) is 4.79 Å². The highest BCUT2D eigenvalue weighted by Gasteiger charge is 2.37. The van der Waals surface area contributed by atoms with Gasteiger partial charge in [-0.15, -0.1) is 0 Å². The molecular weight excluding hydrogens is 314 g/mol. The molecule has 25 heavy (non-hydrogen) atoms. The average molecular weight is 341 g/mol. The SMILES string of the molecule is CCC(=O)c1ccc2nc(C(C(N)=O)C(C)(C)C)n(C3CCC3)c2c1. The maximum atomic E-state index is 12.2. The first-order valence-electron chi connectivity index (χ1n) is 9.08. The monoisotopic (exact) mass is 341 g/mol. The molecular formula is C20H27N3O2. The van der Waals surface area contributed by atoms with Gasteiger partial charge in [0.25, 0.3) is 0 Å². The van der Waals surface area contributed by atoms with Gasteiger partial charge in [0.1, 0.15) is 11.7 Å². The second kappa shape index (κ2) is 6.28. The van der Waals surface area contributed by atoms with Crippen molar-refractivity contribution in [3.63, 3.8) is 0 Å². The molecule has 2 N–H and O–H groups in total. The number of rotatable bonds is 5. The van der Waals surface area contributed by atoms with E-state index in [9.17, 15) is 9.59 Å². The van der Waals surface area contributed by atoms with Gasteiger partial charge in [0.2, 0.25) is 5.91 Å². The Kier molecular flexibility index (Phi) is 4.43. The Morgan fingerprint density at radius 2 is 2.00 bits per heavy atom. The van der Waals surface area contributed by atoms with Gasteiger partial charge in [-0.25, -0.2) is 4.98 Å². The van der Waals surface area contributed by atoms with E-state index in [1.54, 1.807) is 0 Å². The van der Waals surface area contributed by atoms with Crippen molar-refractivity contribution in [1.82, 2.24) is 9.55 Å². The summed E-state index contributed by atoms with van der Waals surface area (Å²) < 4.78 is 2.17. The highest BCUT2D eigenvalue weighted by Crippen LogP contribution is 2.41. The van der Waals surface area contributed by atoms with Crippen LogP contribution in [-0.4, -0.2) is 21.2 Å². The number of carbonyl (C=O) groups is 2. The van der Waals surface area contributed by atoms with Crippen LogP contribution in [0.15, 0.2) is 18.2 Å². The zero-order valence-electron chi connectivity index (χ0n) is 15.5. The molecule has 1 heterocycles. The van der Waals surface area contributed by atoms with Crippen LogP contribution in [0.4, 0.5) is 0 Å². The van der Waals surface area contributed by atoms with Crippen molar-refractivity contribution in [3.8, 4) is 0 Å². The number of hydrogen-bond donors (Lipinski definition) is 1. The number of imidazole rings is 1. The van der Waals surface area contributed by atoms with Crippen LogP contribution < -0.4 is 5.73 Å². The standard InChI is InChI=1S/C20H27N3O2/c1-5-16(24)12-9-10-14-15(11-12)23(13-7-6-8-13)19(22-14)17(18(21)25)20(2,3)4/h9-11,13,17H,5-8H2,1-4H3,(H2,21,25). The summed E-state index contributed by atoms with van der Waals surface area (Å²) in [5.41, 5.74) is 7.90. The number of fused-ring (bicyclic) bond motifs is 1. The number of ketones is 1. The molecule has 1 unspecified atom stereocenters. The van der Waals surface area contributed by atoms with Crippen LogP contribution >= 0.6 is 0 Å². The van der Waals surface area contributed by atoms with Crippen molar-refractivity contribution in [2.75, 3.05) is 0 Å². The maximum absolute atomic E-state index is 12.2. The number of nitrogens with two attached hydrogens (primary N) is 1. The van der Waals surface area contributed by atoms with E-state index >= 15 is 0 Å². The number of primary amides is 1. The number of amides is 1. The Morgan fingerprint density at radius 1 is 1.32 bits per heavy atom. The van der Waals surface area contributed by atoms with Gasteiger partial charge in [-0.3, -0.25) is 9.59 Å². The number of Topliss-reactive ketones (excluding diaryl/α,β-unsaturated/α-hetero) is 1. The minimum atomic E-state index is -0.467. The quantitative estimate of drug-likeness (QED) is 0.836. The molecule has 1 atom stereocenters. The number of carbonyl (C=O) groups excluding carboxylic acids is 2. The van der Waals surface area contributed by atoms with Crippen LogP contribution in [0.2, 0.25) is 0 Å². The number of aromatic nitrogens is 2. The van der Waals surface area contributed by atoms with Crippen molar-refractivity contribution in [2.24, 2.45) is 11.1 Å². The van der Waals surface area contributed by atoms with Crippen molar-refractivity contribution >= 4 is 22.7 Å². The highest BCUT2D eigenvalue weighted by molar-refractivity contribution is 5.99. The van der Waals surface area contributed by atoms with Crippen LogP contribution in [0.25, 0.3) is 11.0 Å². The zero-order chi connectivity index (χ0) is 18.4. The molecule has 5 nitrogen and oxygen atoms in total. The smallest absolute Gasteiger partial charge is 0.228 e. The third-order valence-electron chi connectivity index (χ3n) is 5.21. The summed E-state index contributed by atoms with van der Waals surface area (Å²) in [6.45, 7) is 7.90. The Morgan fingerprint density at radius 3 is 2.48 bits per heavy atom. The average Bonchev–Trinajstić information content (AvgIpc) is 2.81. The predicted octanol–water partition coefficient (Wildman–Crippen LogP) is 3.97. The van der Waals surface area contributed by atoms with Gasteiger partial charge >= 0.3 is 0 Å². The molecule has 0 saturated heterocycles. The van der Waals surface area contributed by atoms with E-state index < -0.39 is 5.92 Å². The van der Waals surface area contributed by atoms with Crippen LogP contribution in [0, 0.1) is 5.41 Å². The second-order valence-corrected chi connectivity index (χ2v) is 8.11. The molecule has 1 fully saturated rings. The van der Waals surface area contributed by atoms with E-state index in [1.807, 2.05) is 45.9 Å². The first kappa shape index (κ1) is 17.6. The summed E-state index contributed by atoms with van der Waals surface area (Å²) in [5.74, 6) is 0.0342. The lowest BCUT2D eigenvalue weighted by atomic mass is 9.79. The number of nitrogens with zero attached hydrogens (tertiary/aromatic N) is 2. The van der Waals surface area contributed by atoms with Crippen molar-refractivity contribution in [3.05, 3.63) is 29.6 Å². The first-order valence-corrected chi connectivity index (χ1v) is 9.08. The Bertz CT molecular complexity index is 825. The maximum Gasteiger partial charge on any atom is 0.228 e. The highest BCUT2D eigenvalue weighted by atomic mass is 16.1. The molecule has 0 radical (unpaired) electrons. The lowest BCUT2D eigenvalue weighted by Crippen LogP contribution is -2.35. The van der Waals surface area contributed by atoms with Gasteiger partial charge in [0.15, 0.2) is 5.78 Å². The molecule has 0 spiro atoms. The van der Waals surface area contributed by atoms with Gasteiger partial charge < -0.3 is 10.3 Å². The van der Waals surface area contributed by atoms with Gasteiger partial charge in [0.05, 0.1) is 11.0 Å². The van der Waals surface area contributed by atoms with E-state index in [0.717, 1.165) is 29.7 Å².